The number of nitrogens with two attached hydrogens (primary N) is 1. The van der Waals surface area contributed by atoms with Crippen molar-refractivity contribution in [2.24, 2.45) is 5.73 Å². The molecule has 0 amide bonds. The van der Waals surface area contributed by atoms with Crippen LogP contribution in [0.2, 0.25) is 10.0 Å². The Hall–Kier alpha value is -1.66. The van der Waals surface area contributed by atoms with Crippen molar-refractivity contribution < 1.29 is 4.74 Å². The Morgan fingerprint density at radius 1 is 1.00 bits per heavy atom. The summed E-state index contributed by atoms with van der Waals surface area (Å²) >= 11 is 12.2. The lowest BCUT2D eigenvalue weighted by Crippen LogP contribution is -1.97. The van der Waals surface area contributed by atoms with E-state index in [1.54, 1.807) is 18.2 Å². The van der Waals surface area contributed by atoms with Gasteiger partial charge in [0.25, 0.3) is 0 Å². The van der Waals surface area contributed by atoms with E-state index in [0.29, 0.717) is 23.2 Å². The molecule has 0 aliphatic carbocycles. The predicted octanol–water partition coefficient (Wildman–Crippen LogP) is 3.88. The summed E-state index contributed by atoms with van der Waals surface area (Å²) in [6.07, 6.45) is 0. The average molecular weight is 306 g/mol. The second kappa shape index (κ2) is 7.21. The number of halogens is 2. The third-order valence-corrected chi connectivity index (χ3v) is 3.34. The molecule has 20 heavy (non-hydrogen) atoms. The van der Waals surface area contributed by atoms with Crippen LogP contribution in [-0.4, -0.2) is 6.54 Å². The minimum atomic E-state index is 0.326. The highest BCUT2D eigenvalue weighted by atomic mass is 35.5. The zero-order chi connectivity index (χ0) is 14.4. The molecule has 0 aromatic heterocycles. The molecule has 0 aliphatic rings. The Bertz CT molecular complexity index is 622. The third-order valence-electron chi connectivity index (χ3n) is 2.63. The molecule has 4 heteroatoms. The highest BCUT2D eigenvalue weighted by molar-refractivity contribution is 6.35. The molecule has 102 valence electrons. The van der Waals surface area contributed by atoms with Crippen molar-refractivity contribution in [3.05, 3.63) is 63.6 Å². The van der Waals surface area contributed by atoms with Gasteiger partial charge < -0.3 is 10.5 Å². The number of rotatable bonds is 3. The van der Waals surface area contributed by atoms with Crippen molar-refractivity contribution in [1.29, 1.82) is 0 Å². The van der Waals surface area contributed by atoms with E-state index in [9.17, 15) is 0 Å². The van der Waals surface area contributed by atoms with Gasteiger partial charge in [0, 0.05) is 21.2 Å². The summed E-state index contributed by atoms with van der Waals surface area (Å²) in [7, 11) is 0. The SMILES string of the molecule is NCC#Cc1ccc(OCc2c(Cl)cccc2Cl)cc1. The maximum absolute atomic E-state index is 6.08. The Morgan fingerprint density at radius 2 is 1.65 bits per heavy atom. The van der Waals surface area contributed by atoms with Gasteiger partial charge in [0.1, 0.15) is 12.4 Å². The summed E-state index contributed by atoms with van der Waals surface area (Å²) in [6.45, 7) is 0.676. The Kier molecular flexibility index (Phi) is 5.31. The smallest absolute Gasteiger partial charge is 0.119 e. The molecule has 2 aromatic carbocycles. The molecule has 0 fully saturated rings. The van der Waals surface area contributed by atoms with Gasteiger partial charge in [-0.15, -0.1) is 0 Å². The normalized spacial score (nSPS) is 9.75. The van der Waals surface area contributed by atoms with E-state index >= 15 is 0 Å². The van der Waals surface area contributed by atoms with E-state index in [1.165, 1.54) is 0 Å². The van der Waals surface area contributed by atoms with Crippen LogP contribution >= 0.6 is 23.2 Å². The van der Waals surface area contributed by atoms with Crippen LogP contribution < -0.4 is 10.5 Å². The van der Waals surface area contributed by atoms with Crippen molar-refractivity contribution in [3.63, 3.8) is 0 Å². The molecule has 0 saturated carbocycles. The average Bonchev–Trinajstić information content (AvgIpc) is 2.46. The Balaban J connectivity index is 2.04. The fraction of sp³-hybridized carbons (Fsp3) is 0.125. The van der Waals surface area contributed by atoms with Crippen LogP contribution in [0.5, 0.6) is 5.75 Å². The van der Waals surface area contributed by atoms with Crippen LogP contribution in [-0.2, 0) is 6.61 Å². The Labute approximate surface area is 128 Å². The number of hydrogen-bond donors (Lipinski definition) is 1. The molecule has 0 atom stereocenters. The quantitative estimate of drug-likeness (QED) is 0.873. The topological polar surface area (TPSA) is 35.2 Å². The van der Waals surface area contributed by atoms with Gasteiger partial charge in [-0.3, -0.25) is 0 Å². The van der Waals surface area contributed by atoms with Gasteiger partial charge in [0.05, 0.1) is 6.54 Å². The standard InChI is InChI=1S/C16H13Cl2NO/c17-15-4-1-5-16(18)14(15)11-20-13-8-6-12(7-9-13)3-2-10-19/h1,4-9H,10-11,19H2. The number of hydrogen-bond acceptors (Lipinski definition) is 2. The molecule has 0 aliphatic heterocycles. The van der Waals surface area contributed by atoms with Gasteiger partial charge in [-0.2, -0.15) is 0 Å². The van der Waals surface area contributed by atoms with Crippen LogP contribution in [0.3, 0.4) is 0 Å². The summed E-state index contributed by atoms with van der Waals surface area (Å²) in [5.41, 5.74) is 7.01. The van der Waals surface area contributed by atoms with E-state index in [2.05, 4.69) is 11.8 Å². The molecule has 0 heterocycles. The van der Waals surface area contributed by atoms with Crippen LogP contribution in [0.4, 0.5) is 0 Å². The minimum Gasteiger partial charge on any atom is -0.489 e. The van der Waals surface area contributed by atoms with E-state index in [1.807, 2.05) is 24.3 Å². The lowest BCUT2D eigenvalue weighted by Gasteiger charge is -2.09. The molecule has 0 unspecified atom stereocenters. The van der Waals surface area contributed by atoms with Crippen molar-refractivity contribution in [2.45, 2.75) is 6.61 Å². The van der Waals surface area contributed by atoms with Gasteiger partial charge in [0.2, 0.25) is 0 Å². The van der Waals surface area contributed by atoms with E-state index in [0.717, 1.165) is 16.9 Å². The van der Waals surface area contributed by atoms with Gasteiger partial charge in [-0.05, 0) is 36.4 Å². The molecular weight excluding hydrogens is 293 g/mol. The lowest BCUT2D eigenvalue weighted by molar-refractivity contribution is 0.306. The van der Waals surface area contributed by atoms with Crippen molar-refractivity contribution in [1.82, 2.24) is 0 Å². The maximum Gasteiger partial charge on any atom is 0.119 e. The largest absolute Gasteiger partial charge is 0.489 e. The molecule has 2 aromatic rings. The van der Waals surface area contributed by atoms with Crippen molar-refractivity contribution in [3.8, 4) is 17.6 Å². The second-order valence-electron chi connectivity index (χ2n) is 4.02. The zero-order valence-corrected chi connectivity index (χ0v) is 12.2. The molecule has 0 spiro atoms. The maximum atomic E-state index is 6.08. The van der Waals surface area contributed by atoms with Gasteiger partial charge in [0.15, 0.2) is 0 Å². The fourth-order valence-corrected chi connectivity index (χ4v) is 2.12. The van der Waals surface area contributed by atoms with Gasteiger partial charge in [-0.25, -0.2) is 0 Å². The van der Waals surface area contributed by atoms with E-state index in [-0.39, 0.29) is 0 Å². The highest BCUT2D eigenvalue weighted by Crippen LogP contribution is 2.25. The highest BCUT2D eigenvalue weighted by Gasteiger charge is 2.06. The molecule has 2 N–H and O–H groups in total. The molecule has 0 saturated heterocycles. The van der Waals surface area contributed by atoms with Crippen LogP contribution in [0.25, 0.3) is 0 Å². The molecular formula is C16H13Cl2NO. The summed E-state index contributed by atoms with van der Waals surface area (Å²) in [5.74, 6) is 6.49. The molecule has 0 bridgehead atoms. The molecule has 2 rings (SSSR count). The van der Waals surface area contributed by atoms with Gasteiger partial charge >= 0.3 is 0 Å². The molecule has 0 radical (unpaired) electrons. The first-order valence-corrected chi connectivity index (χ1v) is 6.81. The number of ether oxygens (including phenoxy) is 1. The monoisotopic (exact) mass is 305 g/mol. The summed E-state index contributed by atoms with van der Waals surface area (Å²) in [5, 5.41) is 1.20. The predicted molar refractivity (Wildman–Crippen MR) is 83.2 cm³/mol. The zero-order valence-electron chi connectivity index (χ0n) is 10.7. The summed E-state index contributed by atoms with van der Waals surface area (Å²) < 4.78 is 5.67. The lowest BCUT2D eigenvalue weighted by atomic mass is 10.2. The van der Waals surface area contributed by atoms with Crippen LogP contribution in [0.1, 0.15) is 11.1 Å². The van der Waals surface area contributed by atoms with Crippen LogP contribution in [0.15, 0.2) is 42.5 Å². The first kappa shape index (κ1) is 14.7. The van der Waals surface area contributed by atoms with E-state index < -0.39 is 0 Å². The summed E-state index contributed by atoms with van der Waals surface area (Å²) in [6, 6.07) is 12.9. The minimum absolute atomic E-state index is 0.326. The first-order valence-electron chi connectivity index (χ1n) is 6.05. The second-order valence-corrected chi connectivity index (χ2v) is 4.83. The number of benzene rings is 2. The van der Waals surface area contributed by atoms with Crippen molar-refractivity contribution >= 4 is 23.2 Å². The first-order chi connectivity index (χ1) is 9.70. The summed E-state index contributed by atoms with van der Waals surface area (Å²) in [4.78, 5) is 0. The molecule has 2 nitrogen and oxygen atoms in total. The van der Waals surface area contributed by atoms with Crippen molar-refractivity contribution in [2.75, 3.05) is 6.54 Å². The van der Waals surface area contributed by atoms with Crippen LogP contribution in [0, 0.1) is 11.8 Å². The van der Waals surface area contributed by atoms with Gasteiger partial charge in [-0.1, -0.05) is 41.1 Å². The third kappa shape index (κ3) is 3.91. The Morgan fingerprint density at radius 3 is 2.25 bits per heavy atom. The fourth-order valence-electron chi connectivity index (χ4n) is 1.61. The van der Waals surface area contributed by atoms with E-state index in [4.69, 9.17) is 33.7 Å².